The quantitative estimate of drug-likeness (QED) is 0.811. The third kappa shape index (κ3) is 3.71. The first-order valence-electron chi connectivity index (χ1n) is 6.85. The fourth-order valence-electron chi connectivity index (χ4n) is 2.01. The predicted molar refractivity (Wildman–Crippen MR) is 83.7 cm³/mol. The summed E-state index contributed by atoms with van der Waals surface area (Å²) < 4.78 is 6.91. The molecule has 2 rings (SSSR count). The average Bonchev–Trinajstić information content (AvgIpc) is 2.45. The fourth-order valence-corrected chi connectivity index (χ4v) is 2.62. The Morgan fingerprint density at radius 2 is 2.00 bits per heavy atom. The molecular formula is C16H21BrNO+. The lowest BCUT2D eigenvalue weighted by Gasteiger charge is -2.11. The standard InChI is InChI=1S/C16H20BrNO/c1-3-12(2)18-10-11-19-15-9-8-13-6-4-5-7-14(13)16(15)17/h4-9,12,18H,3,10-11H2,1-2H3/p+1/t12-/m0/s1. The van der Waals surface area contributed by atoms with Crippen molar-refractivity contribution >= 4 is 26.7 Å². The Balaban J connectivity index is 1.99. The minimum absolute atomic E-state index is 0.670. The first-order chi connectivity index (χ1) is 9.22. The highest BCUT2D eigenvalue weighted by Gasteiger charge is 2.06. The summed E-state index contributed by atoms with van der Waals surface area (Å²) in [6.07, 6.45) is 1.19. The van der Waals surface area contributed by atoms with Gasteiger partial charge in [0, 0.05) is 0 Å². The molecule has 0 fully saturated rings. The van der Waals surface area contributed by atoms with Gasteiger partial charge in [-0.05, 0) is 46.1 Å². The van der Waals surface area contributed by atoms with Gasteiger partial charge in [-0.2, -0.15) is 0 Å². The van der Waals surface area contributed by atoms with Gasteiger partial charge in [-0.25, -0.2) is 0 Å². The van der Waals surface area contributed by atoms with Crippen molar-refractivity contribution in [3.63, 3.8) is 0 Å². The maximum Gasteiger partial charge on any atom is 0.137 e. The first-order valence-corrected chi connectivity index (χ1v) is 7.65. The molecule has 2 aromatic carbocycles. The average molecular weight is 323 g/mol. The number of quaternary nitrogens is 1. The van der Waals surface area contributed by atoms with E-state index < -0.39 is 0 Å². The van der Waals surface area contributed by atoms with Crippen molar-refractivity contribution in [3.05, 3.63) is 40.9 Å². The normalized spacial score (nSPS) is 12.6. The van der Waals surface area contributed by atoms with Crippen LogP contribution in [0.2, 0.25) is 0 Å². The number of hydrogen-bond acceptors (Lipinski definition) is 1. The number of ether oxygens (including phenoxy) is 1. The number of benzene rings is 2. The van der Waals surface area contributed by atoms with E-state index in [4.69, 9.17) is 4.74 Å². The van der Waals surface area contributed by atoms with Crippen LogP contribution in [0.15, 0.2) is 40.9 Å². The minimum atomic E-state index is 0.670. The zero-order chi connectivity index (χ0) is 13.7. The summed E-state index contributed by atoms with van der Waals surface area (Å²) in [6.45, 7) is 6.18. The van der Waals surface area contributed by atoms with Crippen molar-refractivity contribution in [1.82, 2.24) is 0 Å². The molecule has 19 heavy (non-hydrogen) atoms. The highest BCUT2D eigenvalue weighted by atomic mass is 79.9. The second-order valence-electron chi connectivity index (χ2n) is 4.86. The van der Waals surface area contributed by atoms with Crippen molar-refractivity contribution in [3.8, 4) is 5.75 Å². The molecule has 0 unspecified atom stereocenters. The summed E-state index contributed by atoms with van der Waals surface area (Å²) in [5.74, 6) is 0.927. The Kier molecular flexibility index (Phi) is 5.23. The maximum absolute atomic E-state index is 5.86. The van der Waals surface area contributed by atoms with Crippen molar-refractivity contribution in [1.29, 1.82) is 0 Å². The maximum atomic E-state index is 5.86. The van der Waals surface area contributed by atoms with E-state index in [2.05, 4.69) is 59.4 Å². The van der Waals surface area contributed by atoms with E-state index in [1.807, 2.05) is 12.1 Å². The van der Waals surface area contributed by atoms with Gasteiger partial charge in [0.2, 0.25) is 0 Å². The smallest absolute Gasteiger partial charge is 0.137 e. The summed E-state index contributed by atoms with van der Waals surface area (Å²) in [4.78, 5) is 0. The van der Waals surface area contributed by atoms with Gasteiger partial charge >= 0.3 is 0 Å². The third-order valence-electron chi connectivity index (χ3n) is 3.42. The highest BCUT2D eigenvalue weighted by Crippen LogP contribution is 2.32. The number of rotatable bonds is 6. The van der Waals surface area contributed by atoms with Crippen LogP contribution in [0.25, 0.3) is 10.8 Å². The molecule has 0 radical (unpaired) electrons. The van der Waals surface area contributed by atoms with E-state index in [-0.39, 0.29) is 0 Å². The SMILES string of the molecule is CC[C@H](C)[NH2+]CCOc1ccc2ccccc2c1Br. The van der Waals surface area contributed by atoms with Gasteiger partial charge < -0.3 is 10.1 Å². The topological polar surface area (TPSA) is 25.8 Å². The number of halogens is 1. The number of hydrogen-bond donors (Lipinski definition) is 1. The largest absolute Gasteiger partial charge is 0.487 e. The molecule has 0 amide bonds. The van der Waals surface area contributed by atoms with Crippen LogP contribution in [-0.4, -0.2) is 19.2 Å². The molecule has 2 N–H and O–H groups in total. The summed E-state index contributed by atoms with van der Waals surface area (Å²) in [6, 6.07) is 13.1. The second-order valence-corrected chi connectivity index (χ2v) is 5.65. The van der Waals surface area contributed by atoms with Crippen molar-refractivity contribution in [2.24, 2.45) is 0 Å². The number of fused-ring (bicyclic) bond motifs is 1. The molecule has 0 aromatic heterocycles. The lowest BCUT2D eigenvalue weighted by atomic mass is 10.1. The van der Waals surface area contributed by atoms with Crippen LogP contribution < -0.4 is 10.1 Å². The Labute approximate surface area is 123 Å². The minimum Gasteiger partial charge on any atom is -0.487 e. The van der Waals surface area contributed by atoms with E-state index in [1.54, 1.807) is 0 Å². The van der Waals surface area contributed by atoms with Crippen LogP contribution in [0.5, 0.6) is 5.75 Å². The van der Waals surface area contributed by atoms with Crippen molar-refractivity contribution < 1.29 is 10.1 Å². The van der Waals surface area contributed by atoms with Gasteiger partial charge in [0.15, 0.2) is 0 Å². The van der Waals surface area contributed by atoms with Gasteiger partial charge in [0.1, 0.15) is 18.9 Å². The van der Waals surface area contributed by atoms with Crippen LogP contribution in [0, 0.1) is 0 Å². The van der Waals surface area contributed by atoms with Crippen molar-refractivity contribution in [2.75, 3.05) is 13.2 Å². The van der Waals surface area contributed by atoms with Gasteiger partial charge in [-0.1, -0.05) is 37.3 Å². The molecule has 0 spiro atoms. The lowest BCUT2D eigenvalue weighted by molar-refractivity contribution is -0.686. The van der Waals surface area contributed by atoms with E-state index >= 15 is 0 Å². The van der Waals surface area contributed by atoms with Crippen LogP contribution in [0.4, 0.5) is 0 Å². The molecule has 0 saturated carbocycles. The van der Waals surface area contributed by atoms with Gasteiger partial charge in [0.25, 0.3) is 0 Å². The second kappa shape index (κ2) is 6.92. The molecule has 3 heteroatoms. The molecule has 0 saturated heterocycles. The molecule has 0 aliphatic rings. The fraction of sp³-hybridized carbons (Fsp3) is 0.375. The summed E-state index contributed by atoms with van der Waals surface area (Å²) >= 11 is 3.64. The Bertz CT molecular complexity index is 541. The number of nitrogens with two attached hydrogens (primary N) is 1. The Morgan fingerprint density at radius 3 is 2.79 bits per heavy atom. The van der Waals surface area contributed by atoms with Crippen molar-refractivity contribution in [2.45, 2.75) is 26.3 Å². The van der Waals surface area contributed by atoms with Gasteiger partial charge in [-0.15, -0.1) is 0 Å². The van der Waals surface area contributed by atoms with E-state index in [0.29, 0.717) is 6.04 Å². The van der Waals surface area contributed by atoms with Crippen LogP contribution in [0.1, 0.15) is 20.3 Å². The molecule has 0 aliphatic heterocycles. The summed E-state index contributed by atoms with van der Waals surface area (Å²) in [5.41, 5.74) is 0. The van der Waals surface area contributed by atoms with Crippen LogP contribution >= 0.6 is 15.9 Å². The molecule has 102 valence electrons. The predicted octanol–water partition coefficient (Wildman–Crippen LogP) is 3.34. The van der Waals surface area contributed by atoms with Crippen LogP contribution in [-0.2, 0) is 0 Å². The third-order valence-corrected chi connectivity index (χ3v) is 4.23. The van der Waals surface area contributed by atoms with E-state index in [0.717, 1.165) is 23.4 Å². The van der Waals surface area contributed by atoms with Gasteiger partial charge in [0.05, 0.1) is 10.5 Å². The molecular weight excluding hydrogens is 302 g/mol. The summed E-state index contributed by atoms with van der Waals surface area (Å²) in [7, 11) is 0. The molecule has 0 bridgehead atoms. The van der Waals surface area contributed by atoms with Crippen LogP contribution in [0.3, 0.4) is 0 Å². The summed E-state index contributed by atoms with van der Waals surface area (Å²) in [5, 5.41) is 4.76. The zero-order valence-electron chi connectivity index (χ0n) is 11.5. The molecule has 2 aromatic rings. The van der Waals surface area contributed by atoms with E-state index in [1.165, 1.54) is 17.2 Å². The highest BCUT2D eigenvalue weighted by molar-refractivity contribution is 9.10. The zero-order valence-corrected chi connectivity index (χ0v) is 13.1. The molecule has 0 aliphatic carbocycles. The molecule has 1 atom stereocenters. The lowest BCUT2D eigenvalue weighted by Crippen LogP contribution is -2.90. The monoisotopic (exact) mass is 322 g/mol. The van der Waals surface area contributed by atoms with E-state index in [9.17, 15) is 0 Å². The molecule has 0 heterocycles. The Hall–Kier alpha value is -1.06. The van der Waals surface area contributed by atoms with Gasteiger partial charge in [-0.3, -0.25) is 0 Å². The molecule has 2 nitrogen and oxygen atoms in total. The Morgan fingerprint density at radius 1 is 1.21 bits per heavy atom. The first kappa shape index (κ1) is 14.4.